The van der Waals surface area contributed by atoms with Gasteiger partial charge in [0, 0.05) is 67.1 Å². The highest BCUT2D eigenvalue weighted by molar-refractivity contribution is 6.10. The van der Waals surface area contributed by atoms with E-state index < -0.39 is 0 Å². The molecule has 11 aromatic carbocycles. The fourth-order valence-corrected chi connectivity index (χ4v) is 11.9. The van der Waals surface area contributed by atoms with Gasteiger partial charge >= 0.3 is 0 Å². The van der Waals surface area contributed by atoms with Crippen molar-refractivity contribution in [3.05, 3.63) is 260 Å². The van der Waals surface area contributed by atoms with Crippen molar-refractivity contribution in [2.24, 2.45) is 0 Å². The largest absolute Gasteiger partial charge is 0.455 e. The van der Waals surface area contributed by atoms with Gasteiger partial charge in [0.05, 0.1) is 28.3 Å². The van der Waals surface area contributed by atoms with Crippen LogP contribution in [0.1, 0.15) is 5.56 Å². The molecular formula is C70H45N3O. The van der Waals surface area contributed by atoms with Crippen molar-refractivity contribution in [2.45, 2.75) is 6.92 Å². The normalized spacial score (nSPS) is 12.3. The highest BCUT2D eigenvalue weighted by atomic mass is 16.3. The average molecular weight is 944 g/mol. The molecule has 0 N–H and O–H groups in total. The van der Waals surface area contributed by atoms with Crippen LogP contribution in [0.3, 0.4) is 0 Å². The van der Waals surface area contributed by atoms with Gasteiger partial charge in [-0.1, -0.05) is 182 Å². The minimum Gasteiger partial charge on any atom is -0.455 e. The summed E-state index contributed by atoms with van der Waals surface area (Å²) in [7, 11) is 0. The summed E-state index contributed by atoms with van der Waals surface area (Å²) < 4.78 is 6.49. The fourth-order valence-electron chi connectivity index (χ4n) is 11.9. The summed E-state index contributed by atoms with van der Waals surface area (Å²) in [5, 5.41) is 3.39. The van der Waals surface area contributed by atoms with Crippen molar-refractivity contribution in [3.63, 3.8) is 0 Å². The molecule has 0 spiro atoms. The molecule has 0 amide bonds. The van der Waals surface area contributed by atoms with Crippen molar-refractivity contribution in [1.82, 2.24) is 4.98 Å². The number of hydrogen-bond acceptors (Lipinski definition) is 4. The van der Waals surface area contributed by atoms with E-state index in [1.54, 1.807) is 0 Å². The molecule has 15 rings (SSSR count). The topological polar surface area (TPSA) is 32.5 Å². The van der Waals surface area contributed by atoms with Crippen LogP contribution in [0.15, 0.2) is 259 Å². The van der Waals surface area contributed by atoms with E-state index >= 15 is 0 Å². The van der Waals surface area contributed by atoms with Crippen molar-refractivity contribution < 1.29 is 4.42 Å². The molecule has 4 heteroatoms. The summed E-state index contributed by atoms with van der Waals surface area (Å²) in [5.74, 6) is 0. The van der Waals surface area contributed by atoms with Crippen molar-refractivity contribution >= 4 is 67.0 Å². The third-order valence-electron chi connectivity index (χ3n) is 15.3. The number of rotatable bonds is 5. The molecule has 0 unspecified atom stereocenters. The maximum Gasteiger partial charge on any atom is 0.143 e. The molecule has 74 heavy (non-hydrogen) atoms. The number of fused-ring (bicyclic) bond motifs is 14. The first-order valence-corrected chi connectivity index (χ1v) is 25.3. The summed E-state index contributed by atoms with van der Waals surface area (Å²) in [4.78, 5) is 9.74. The highest BCUT2D eigenvalue weighted by Crippen LogP contribution is 2.55. The van der Waals surface area contributed by atoms with E-state index in [4.69, 9.17) is 9.40 Å². The number of para-hydroxylation sites is 5. The van der Waals surface area contributed by atoms with Crippen LogP contribution in [0.25, 0.3) is 111 Å². The Bertz CT molecular complexity index is 4410. The standard InChI is InChI=1S/C70H45N3O/c1-44-41-50(36-38-51(44)61-25-12-15-46-16-14-40-71-69(46)61)73-65-28-10-7-21-57(65)53-17-2-3-18-54(53)59-37-32-48(43-67(59)73)47-33-39-66-63(42-47)56-20-5-4-19-55(56)58-22-6-9-27-64(58)72(66)49-34-30-45(31-35-49)52-24-13-26-62-60-23-8-11-29-68(60)74-70(52)62/h2-43H,1H3. The Balaban J connectivity index is 0.887. The first-order valence-electron chi connectivity index (χ1n) is 25.3. The summed E-state index contributed by atoms with van der Waals surface area (Å²) in [6.45, 7) is 2.22. The van der Waals surface area contributed by atoms with E-state index in [0.29, 0.717) is 0 Å². The van der Waals surface area contributed by atoms with Crippen molar-refractivity contribution in [1.29, 1.82) is 0 Å². The minimum atomic E-state index is 0.901. The molecule has 4 heterocycles. The second-order valence-electron chi connectivity index (χ2n) is 19.5. The Morgan fingerprint density at radius 1 is 0.324 bits per heavy atom. The Hall–Kier alpha value is -9.77. The lowest BCUT2D eigenvalue weighted by atomic mass is 9.91. The zero-order valence-electron chi connectivity index (χ0n) is 40.5. The quantitative estimate of drug-likeness (QED) is 0.172. The SMILES string of the molecule is Cc1cc(N2c3ccccc3-c3ccccc3-c3ccc(-c4ccc5c(c4)-c4ccccc4-c4ccccc4N5c4ccc(-c5cccc6c5oc5ccccc56)cc4)cc32)ccc1-c1cccc2cccnc12. The van der Waals surface area contributed by atoms with Crippen LogP contribution in [0.5, 0.6) is 0 Å². The maximum absolute atomic E-state index is 6.49. The highest BCUT2D eigenvalue weighted by Gasteiger charge is 2.29. The van der Waals surface area contributed by atoms with Crippen molar-refractivity contribution in [2.75, 3.05) is 9.80 Å². The minimum absolute atomic E-state index is 0.901. The van der Waals surface area contributed by atoms with Gasteiger partial charge in [-0.25, -0.2) is 0 Å². The number of furan rings is 1. The number of hydrogen-bond donors (Lipinski definition) is 0. The van der Waals surface area contributed by atoms with E-state index in [1.165, 1.54) is 55.6 Å². The second-order valence-corrected chi connectivity index (χ2v) is 19.5. The molecule has 2 aromatic heterocycles. The van der Waals surface area contributed by atoms with Gasteiger partial charge in [0.1, 0.15) is 11.2 Å². The molecule has 0 aliphatic carbocycles. The molecule has 13 aromatic rings. The molecular weight excluding hydrogens is 899 g/mol. The third-order valence-corrected chi connectivity index (χ3v) is 15.3. The van der Waals surface area contributed by atoms with Crippen LogP contribution in [-0.4, -0.2) is 4.98 Å². The predicted molar refractivity (Wildman–Crippen MR) is 308 cm³/mol. The number of aryl methyl sites for hydroxylation is 1. The summed E-state index contributed by atoms with van der Waals surface area (Å²) in [6, 6.07) is 90.7. The van der Waals surface area contributed by atoms with E-state index in [9.17, 15) is 0 Å². The van der Waals surface area contributed by atoms with E-state index in [0.717, 1.165) is 94.8 Å². The van der Waals surface area contributed by atoms with Crippen LogP contribution in [0.4, 0.5) is 34.1 Å². The van der Waals surface area contributed by atoms with Crippen molar-refractivity contribution in [3.8, 4) is 77.9 Å². The van der Waals surface area contributed by atoms with E-state index in [-0.39, 0.29) is 0 Å². The summed E-state index contributed by atoms with van der Waals surface area (Å²) in [5.41, 5.74) is 27.1. The fraction of sp³-hybridized carbons (Fsp3) is 0.0143. The summed E-state index contributed by atoms with van der Waals surface area (Å²) in [6.07, 6.45) is 1.89. The van der Waals surface area contributed by atoms with Crippen LogP contribution < -0.4 is 9.80 Å². The molecule has 0 atom stereocenters. The molecule has 2 aliphatic heterocycles. The molecule has 346 valence electrons. The zero-order valence-corrected chi connectivity index (χ0v) is 40.5. The molecule has 0 saturated carbocycles. The van der Waals surface area contributed by atoms with Gasteiger partial charge in [0.15, 0.2) is 0 Å². The lowest BCUT2D eigenvalue weighted by Gasteiger charge is -2.29. The first-order chi connectivity index (χ1) is 36.6. The van der Waals surface area contributed by atoms with E-state index in [1.807, 2.05) is 24.4 Å². The van der Waals surface area contributed by atoms with Crippen LogP contribution in [-0.2, 0) is 0 Å². The first kappa shape index (κ1) is 42.0. The average Bonchev–Trinajstić information content (AvgIpc) is 3.73. The Morgan fingerprint density at radius 3 is 1.58 bits per heavy atom. The molecule has 0 bridgehead atoms. The van der Waals surface area contributed by atoms with Crippen LogP contribution in [0.2, 0.25) is 0 Å². The van der Waals surface area contributed by atoms with E-state index in [2.05, 4.69) is 247 Å². The number of aromatic nitrogens is 1. The molecule has 4 nitrogen and oxygen atoms in total. The van der Waals surface area contributed by atoms with Gasteiger partial charge in [-0.3, -0.25) is 4.98 Å². The van der Waals surface area contributed by atoms with Gasteiger partial charge in [0.2, 0.25) is 0 Å². The Morgan fingerprint density at radius 2 is 0.838 bits per heavy atom. The Labute approximate surface area is 429 Å². The van der Waals surface area contributed by atoms with Gasteiger partial charge in [0.25, 0.3) is 0 Å². The smallest absolute Gasteiger partial charge is 0.143 e. The number of benzene rings is 11. The second kappa shape index (κ2) is 16.7. The van der Waals surface area contributed by atoms with Crippen LogP contribution in [0, 0.1) is 6.92 Å². The Kier molecular flexibility index (Phi) is 9.45. The molecule has 2 aliphatic rings. The third kappa shape index (κ3) is 6.52. The number of pyridine rings is 1. The van der Waals surface area contributed by atoms with Crippen LogP contribution >= 0.6 is 0 Å². The monoisotopic (exact) mass is 943 g/mol. The number of anilines is 6. The lowest BCUT2D eigenvalue weighted by molar-refractivity contribution is 0.670. The lowest BCUT2D eigenvalue weighted by Crippen LogP contribution is -2.11. The maximum atomic E-state index is 6.49. The van der Waals surface area contributed by atoms with Gasteiger partial charge in [-0.15, -0.1) is 0 Å². The predicted octanol–water partition coefficient (Wildman–Crippen LogP) is 19.7. The van der Waals surface area contributed by atoms with Gasteiger partial charge in [-0.05, 0) is 124 Å². The zero-order chi connectivity index (χ0) is 48.9. The van der Waals surface area contributed by atoms with Gasteiger partial charge < -0.3 is 14.2 Å². The number of nitrogens with zero attached hydrogens (tertiary/aromatic N) is 3. The van der Waals surface area contributed by atoms with Gasteiger partial charge in [-0.2, -0.15) is 0 Å². The molecule has 0 radical (unpaired) electrons. The molecule has 0 fully saturated rings. The molecule has 0 saturated heterocycles. The summed E-state index contributed by atoms with van der Waals surface area (Å²) >= 11 is 0.